The van der Waals surface area contributed by atoms with Crippen LogP contribution in [0.2, 0.25) is 5.02 Å². The van der Waals surface area contributed by atoms with E-state index in [1.165, 1.54) is 5.56 Å². The highest BCUT2D eigenvalue weighted by Gasteiger charge is 2.44. The molecule has 1 saturated carbocycles. The Morgan fingerprint density at radius 3 is 2.56 bits per heavy atom. The van der Waals surface area contributed by atoms with Crippen molar-refractivity contribution in [1.82, 2.24) is 4.98 Å². The molecule has 0 aliphatic heterocycles. The van der Waals surface area contributed by atoms with Gasteiger partial charge in [-0.15, -0.1) is 0 Å². The number of hydrogen-bond acceptors (Lipinski definition) is 6. The van der Waals surface area contributed by atoms with Crippen LogP contribution in [0.25, 0.3) is 23.1 Å². The maximum absolute atomic E-state index is 11.7. The van der Waals surface area contributed by atoms with Crippen molar-refractivity contribution in [3.05, 3.63) is 112 Å². The molecule has 1 aliphatic carbocycles. The van der Waals surface area contributed by atoms with Gasteiger partial charge in [-0.25, -0.2) is 4.98 Å². The van der Waals surface area contributed by atoms with E-state index >= 15 is 0 Å². The van der Waals surface area contributed by atoms with Crippen LogP contribution in [0.3, 0.4) is 0 Å². The van der Waals surface area contributed by atoms with Gasteiger partial charge in [0.05, 0.1) is 29.7 Å². The van der Waals surface area contributed by atoms with Gasteiger partial charge in [-0.2, -0.15) is 20.2 Å². The second-order valence-electron chi connectivity index (χ2n) is 12.1. The molecule has 1 atom stereocenters. The zero-order chi connectivity index (χ0) is 30.7. The molecule has 4 aromatic rings. The van der Waals surface area contributed by atoms with Crippen molar-refractivity contribution in [2.75, 3.05) is 18.6 Å². The van der Waals surface area contributed by atoms with Crippen molar-refractivity contribution in [2.45, 2.75) is 50.4 Å². The van der Waals surface area contributed by atoms with E-state index in [0.717, 1.165) is 71.0 Å². The second kappa shape index (κ2) is 13.1. The molecule has 5 nitrogen and oxygen atoms in total. The lowest BCUT2D eigenvalue weighted by Gasteiger charge is -2.24. The summed E-state index contributed by atoms with van der Waals surface area (Å²) in [6, 6.07) is 26.4. The number of fused-ring (bicyclic) bond motifs is 1. The number of rotatable bonds is 13. The summed E-state index contributed by atoms with van der Waals surface area (Å²) in [5.74, 6) is 0.823. The second-order valence-corrected chi connectivity index (χ2v) is 15.4. The molecule has 43 heavy (non-hydrogen) atoms. The molecule has 0 bridgehead atoms. The molecule has 5 rings (SSSR count). The Morgan fingerprint density at radius 1 is 1.05 bits per heavy atom. The minimum Gasteiger partial charge on any atom is -0.386 e. The van der Waals surface area contributed by atoms with Gasteiger partial charge in [0.15, 0.2) is 0 Å². The molecule has 0 radical (unpaired) electrons. The van der Waals surface area contributed by atoms with Gasteiger partial charge in [0, 0.05) is 26.8 Å². The van der Waals surface area contributed by atoms with Crippen molar-refractivity contribution < 1.29 is 17.7 Å². The molecule has 226 valence electrons. The average Bonchev–Trinajstić information content (AvgIpc) is 3.74. The SMILES string of the molecule is CC(C)(O)c1ccccc1CCC(SCC1(COS(C)(=O)=O)CC1)c1cccc(C=Cc2ccc3ccc(Cl)cc3n2)c1. The van der Waals surface area contributed by atoms with E-state index in [9.17, 15) is 13.5 Å². The molecule has 1 unspecified atom stereocenters. The number of aromatic nitrogens is 1. The summed E-state index contributed by atoms with van der Waals surface area (Å²) >= 11 is 8.04. The Kier molecular flexibility index (Phi) is 9.69. The van der Waals surface area contributed by atoms with Crippen LogP contribution in [0, 0.1) is 5.41 Å². The molecule has 1 aromatic heterocycles. The van der Waals surface area contributed by atoms with Crippen LogP contribution in [0.5, 0.6) is 0 Å². The van der Waals surface area contributed by atoms with Crippen LogP contribution in [-0.4, -0.2) is 37.1 Å². The number of aryl methyl sites for hydroxylation is 1. The molecule has 0 amide bonds. The Hall–Kier alpha value is -2.68. The fourth-order valence-corrected chi connectivity index (χ4v) is 7.41. The van der Waals surface area contributed by atoms with Gasteiger partial charge in [-0.05, 0) is 86.1 Å². The van der Waals surface area contributed by atoms with E-state index in [0.29, 0.717) is 5.02 Å². The zero-order valence-corrected chi connectivity index (χ0v) is 27.2. The van der Waals surface area contributed by atoms with Crippen molar-refractivity contribution in [1.29, 1.82) is 0 Å². The summed E-state index contributed by atoms with van der Waals surface area (Å²) in [4.78, 5) is 4.75. The van der Waals surface area contributed by atoms with E-state index in [4.69, 9.17) is 20.8 Å². The number of aliphatic hydroxyl groups is 1. The van der Waals surface area contributed by atoms with E-state index in [1.54, 1.807) is 0 Å². The molecule has 1 aliphatic rings. The molecule has 1 fully saturated rings. The smallest absolute Gasteiger partial charge is 0.264 e. The maximum atomic E-state index is 11.7. The van der Waals surface area contributed by atoms with Crippen molar-refractivity contribution in [3.8, 4) is 0 Å². The summed E-state index contributed by atoms with van der Waals surface area (Å²) in [5.41, 5.74) is 5.07. The van der Waals surface area contributed by atoms with Gasteiger partial charge in [0.1, 0.15) is 0 Å². The summed E-state index contributed by atoms with van der Waals surface area (Å²) in [5, 5.41) is 12.7. The third-order valence-corrected chi connectivity index (χ3v) is 10.4. The average molecular weight is 636 g/mol. The zero-order valence-electron chi connectivity index (χ0n) is 24.8. The number of pyridine rings is 1. The lowest BCUT2D eigenvalue weighted by molar-refractivity contribution is 0.0776. The van der Waals surface area contributed by atoms with Crippen LogP contribution in [0.15, 0.2) is 78.9 Å². The summed E-state index contributed by atoms with van der Waals surface area (Å²) in [6.45, 7) is 3.89. The van der Waals surface area contributed by atoms with Gasteiger partial charge in [0.2, 0.25) is 0 Å². The summed E-state index contributed by atoms with van der Waals surface area (Å²) in [6.07, 6.45) is 8.84. The fourth-order valence-electron chi connectivity index (χ4n) is 5.23. The first kappa shape index (κ1) is 31.7. The molecule has 1 N–H and O–H groups in total. The topological polar surface area (TPSA) is 76.5 Å². The van der Waals surface area contributed by atoms with Crippen LogP contribution in [0.4, 0.5) is 0 Å². The van der Waals surface area contributed by atoms with Crippen LogP contribution >= 0.6 is 23.4 Å². The number of halogens is 1. The van der Waals surface area contributed by atoms with E-state index < -0.39 is 15.7 Å². The first-order chi connectivity index (χ1) is 20.4. The summed E-state index contributed by atoms with van der Waals surface area (Å²) in [7, 11) is -3.47. The van der Waals surface area contributed by atoms with Crippen molar-refractivity contribution in [2.24, 2.45) is 5.41 Å². The largest absolute Gasteiger partial charge is 0.386 e. The number of benzene rings is 3. The highest BCUT2D eigenvalue weighted by atomic mass is 35.5. The first-order valence-electron chi connectivity index (χ1n) is 14.5. The summed E-state index contributed by atoms with van der Waals surface area (Å²) < 4.78 is 28.5. The fraction of sp³-hybridized carbons (Fsp3) is 0.343. The number of thioether (sulfide) groups is 1. The molecule has 1 heterocycles. The van der Waals surface area contributed by atoms with Crippen molar-refractivity contribution in [3.63, 3.8) is 0 Å². The van der Waals surface area contributed by atoms with Crippen LogP contribution in [0.1, 0.15) is 66.3 Å². The Bertz CT molecular complexity index is 1730. The molecule has 3 aromatic carbocycles. The highest BCUT2D eigenvalue weighted by molar-refractivity contribution is 7.99. The minimum atomic E-state index is -3.47. The highest BCUT2D eigenvalue weighted by Crippen LogP contribution is 2.51. The van der Waals surface area contributed by atoms with Crippen LogP contribution < -0.4 is 0 Å². The lowest BCUT2D eigenvalue weighted by Crippen LogP contribution is -2.18. The number of hydrogen-bond donors (Lipinski definition) is 1. The molecule has 0 spiro atoms. The maximum Gasteiger partial charge on any atom is 0.264 e. The quantitative estimate of drug-likeness (QED) is 0.149. The third-order valence-electron chi connectivity index (χ3n) is 7.88. The predicted octanol–water partition coefficient (Wildman–Crippen LogP) is 8.45. The Labute approximate surface area is 264 Å². The molecular weight excluding hydrogens is 598 g/mol. The third kappa shape index (κ3) is 8.93. The number of nitrogens with zero attached hydrogens (tertiary/aromatic N) is 1. The molecule has 8 heteroatoms. The monoisotopic (exact) mass is 635 g/mol. The van der Waals surface area contributed by atoms with E-state index in [1.807, 2.05) is 80.2 Å². The van der Waals surface area contributed by atoms with Gasteiger partial charge < -0.3 is 5.11 Å². The van der Waals surface area contributed by atoms with Gasteiger partial charge in [-0.1, -0.05) is 78.3 Å². The lowest BCUT2D eigenvalue weighted by atomic mass is 9.90. The molecule has 0 saturated heterocycles. The van der Waals surface area contributed by atoms with Crippen LogP contribution in [-0.2, 0) is 26.3 Å². The Morgan fingerprint density at radius 2 is 1.81 bits per heavy atom. The Balaban J connectivity index is 1.37. The minimum absolute atomic E-state index is 0.0981. The van der Waals surface area contributed by atoms with Gasteiger partial charge >= 0.3 is 0 Å². The van der Waals surface area contributed by atoms with Gasteiger partial charge in [0.25, 0.3) is 10.1 Å². The molecular formula is C35H38ClNO4S2. The van der Waals surface area contributed by atoms with E-state index in [-0.39, 0.29) is 17.3 Å². The first-order valence-corrected chi connectivity index (χ1v) is 17.7. The van der Waals surface area contributed by atoms with Gasteiger partial charge in [-0.3, -0.25) is 4.18 Å². The normalized spacial score (nSPS) is 15.7. The predicted molar refractivity (Wildman–Crippen MR) is 180 cm³/mol. The standard InChI is InChI=1S/C35H38ClNO4S2/c1-34(2,38)31-10-5-4-8-26(31)14-18-33(42-24-35(19-20-35)23-41-43(3,39)40)28-9-6-7-25(21-28)11-16-30-17-13-27-12-15-29(36)22-32(27)37-30/h4-13,15-17,21-22,33,38H,14,18-20,23-24H2,1-3H3. The van der Waals surface area contributed by atoms with E-state index in [2.05, 4.69) is 36.4 Å². The van der Waals surface area contributed by atoms with Crippen molar-refractivity contribution >= 4 is 56.5 Å².